The summed E-state index contributed by atoms with van der Waals surface area (Å²) in [6.07, 6.45) is 2.92. The van der Waals surface area contributed by atoms with E-state index in [0.29, 0.717) is 5.56 Å². The molecule has 0 fully saturated rings. The van der Waals surface area contributed by atoms with Gasteiger partial charge in [-0.15, -0.1) is 0 Å². The summed E-state index contributed by atoms with van der Waals surface area (Å²) in [5, 5.41) is 7.64. The lowest BCUT2D eigenvalue weighted by Crippen LogP contribution is -2.16. The number of H-pyrrole nitrogens is 1. The maximum atomic E-state index is 12.5. The molecule has 5 aromatic rings. The van der Waals surface area contributed by atoms with Gasteiger partial charge in [0.05, 0.1) is 0 Å². The Morgan fingerprint density at radius 2 is 1.57 bits per heavy atom. The zero-order chi connectivity index (χ0) is 23.9. The van der Waals surface area contributed by atoms with Crippen LogP contribution < -0.4 is 15.4 Å². The lowest BCUT2D eigenvalue weighted by Gasteiger charge is -2.09. The molecule has 1 heterocycles. The van der Waals surface area contributed by atoms with Gasteiger partial charge in [0.15, 0.2) is 0 Å². The number of hydrogen-bond donors (Lipinski definition) is 3. The normalized spacial score (nSPS) is 10.9. The monoisotopic (exact) mass is 461 g/mol. The molecule has 5 rings (SSSR count). The van der Waals surface area contributed by atoms with Gasteiger partial charge in [-0.05, 0) is 78.7 Å². The SMILES string of the molecule is O=C(Nc1ccc2[nH]cc(CCNCc3cccc(Oc4ccccc4)c3)c2c1)c1ccccc1. The largest absolute Gasteiger partial charge is 0.457 e. The van der Waals surface area contributed by atoms with Crippen LogP contribution in [0.5, 0.6) is 11.5 Å². The Kier molecular flexibility index (Phi) is 6.87. The predicted octanol–water partition coefficient (Wildman–Crippen LogP) is 6.54. The summed E-state index contributed by atoms with van der Waals surface area (Å²) in [7, 11) is 0. The number of rotatable bonds is 9. The third-order valence-electron chi connectivity index (χ3n) is 5.84. The second-order valence-corrected chi connectivity index (χ2v) is 8.38. The molecule has 0 atom stereocenters. The van der Waals surface area contributed by atoms with Crippen molar-refractivity contribution in [2.24, 2.45) is 0 Å². The number of hydrogen-bond acceptors (Lipinski definition) is 3. The first-order chi connectivity index (χ1) is 17.2. The van der Waals surface area contributed by atoms with Crippen molar-refractivity contribution in [3.63, 3.8) is 0 Å². The van der Waals surface area contributed by atoms with Gasteiger partial charge in [0.25, 0.3) is 5.91 Å². The molecule has 0 unspecified atom stereocenters. The lowest BCUT2D eigenvalue weighted by atomic mass is 10.1. The molecule has 0 saturated heterocycles. The zero-order valence-corrected chi connectivity index (χ0v) is 19.3. The molecular formula is C30H27N3O2. The molecular weight excluding hydrogens is 434 g/mol. The fraction of sp³-hybridized carbons (Fsp3) is 0.100. The second kappa shape index (κ2) is 10.7. The van der Waals surface area contributed by atoms with E-state index in [0.717, 1.165) is 47.6 Å². The highest BCUT2D eigenvalue weighted by atomic mass is 16.5. The first-order valence-electron chi connectivity index (χ1n) is 11.7. The molecule has 1 aromatic heterocycles. The fourth-order valence-corrected chi connectivity index (χ4v) is 4.06. The van der Waals surface area contributed by atoms with Gasteiger partial charge in [0.1, 0.15) is 11.5 Å². The molecule has 0 saturated carbocycles. The van der Waals surface area contributed by atoms with Crippen LogP contribution in [-0.4, -0.2) is 17.4 Å². The van der Waals surface area contributed by atoms with Gasteiger partial charge < -0.3 is 20.4 Å². The van der Waals surface area contributed by atoms with Crippen molar-refractivity contribution in [1.29, 1.82) is 0 Å². The van der Waals surface area contributed by atoms with Crippen LogP contribution in [0.1, 0.15) is 21.5 Å². The number of carbonyl (C=O) groups is 1. The summed E-state index contributed by atoms with van der Waals surface area (Å²) in [6, 6.07) is 33.2. The molecule has 5 nitrogen and oxygen atoms in total. The highest BCUT2D eigenvalue weighted by molar-refractivity contribution is 6.05. The molecule has 4 aromatic carbocycles. The molecule has 0 aliphatic heterocycles. The van der Waals surface area contributed by atoms with Gasteiger partial charge in [-0.3, -0.25) is 4.79 Å². The van der Waals surface area contributed by atoms with Gasteiger partial charge in [-0.25, -0.2) is 0 Å². The minimum atomic E-state index is -0.109. The Balaban J connectivity index is 1.17. The van der Waals surface area contributed by atoms with Gasteiger partial charge in [0, 0.05) is 34.9 Å². The number of carbonyl (C=O) groups excluding carboxylic acids is 1. The van der Waals surface area contributed by atoms with E-state index in [1.54, 1.807) is 0 Å². The highest BCUT2D eigenvalue weighted by Crippen LogP contribution is 2.24. The van der Waals surface area contributed by atoms with E-state index in [4.69, 9.17) is 4.74 Å². The number of fused-ring (bicyclic) bond motifs is 1. The van der Waals surface area contributed by atoms with Gasteiger partial charge in [-0.1, -0.05) is 48.5 Å². The van der Waals surface area contributed by atoms with E-state index in [1.807, 2.05) is 97.2 Å². The van der Waals surface area contributed by atoms with E-state index in [2.05, 4.69) is 27.8 Å². The van der Waals surface area contributed by atoms with Crippen LogP contribution in [0.15, 0.2) is 109 Å². The van der Waals surface area contributed by atoms with Crippen molar-refractivity contribution in [1.82, 2.24) is 10.3 Å². The summed E-state index contributed by atoms with van der Waals surface area (Å²) < 4.78 is 5.94. The molecule has 174 valence electrons. The minimum absolute atomic E-state index is 0.109. The highest BCUT2D eigenvalue weighted by Gasteiger charge is 2.09. The Morgan fingerprint density at radius 1 is 0.800 bits per heavy atom. The van der Waals surface area contributed by atoms with Crippen LogP contribution in [0.4, 0.5) is 5.69 Å². The minimum Gasteiger partial charge on any atom is -0.457 e. The van der Waals surface area contributed by atoms with Crippen molar-refractivity contribution < 1.29 is 9.53 Å². The number of anilines is 1. The number of aromatic amines is 1. The average molecular weight is 462 g/mol. The van der Waals surface area contributed by atoms with Crippen LogP contribution >= 0.6 is 0 Å². The van der Waals surface area contributed by atoms with Gasteiger partial charge in [0.2, 0.25) is 0 Å². The number of amides is 1. The van der Waals surface area contributed by atoms with Crippen molar-refractivity contribution in [3.8, 4) is 11.5 Å². The molecule has 1 amide bonds. The first-order valence-corrected chi connectivity index (χ1v) is 11.7. The summed E-state index contributed by atoms with van der Waals surface area (Å²) in [5.74, 6) is 1.55. The average Bonchev–Trinajstić information content (AvgIpc) is 3.30. The number of para-hydroxylation sites is 1. The molecule has 5 heteroatoms. The molecule has 35 heavy (non-hydrogen) atoms. The summed E-state index contributed by atoms with van der Waals surface area (Å²) in [6.45, 7) is 1.59. The van der Waals surface area contributed by atoms with E-state index < -0.39 is 0 Å². The molecule has 0 spiro atoms. The third-order valence-corrected chi connectivity index (χ3v) is 5.84. The first kappa shape index (κ1) is 22.4. The Bertz CT molecular complexity index is 1410. The number of benzene rings is 4. The molecule has 0 radical (unpaired) electrons. The topological polar surface area (TPSA) is 66.2 Å². The van der Waals surface area contributed by atoms with Crippen molar-refractivity contribution >= 4 is 22.5 Å². The fourth-order valence-electron chi connectivity index (χ4n) is 4.06. The zero-order valence-electron chi connectivity index (χ0n) is 19.3. The standard InChI is InChI=1S/C30H27N3O2/c34-30(23-9-3-1-4-10-23)33-25-14-15-29-28(19-25)24(21-32-29)16-17-31-20-22-8-7-13-27(18-22)35-26-11-5-2-6-12-26/h1-15,18-19,21,31-32H,16-17,20H2,(H,33,34). The quantitative estimate of drug-likeness (QED) is 0.218. The molecule has 0 aliphatic rings. The maximum absolute atomic E-state index is 12.5. The van der Waals surface area contributed by atoms with E-state index in [-0.39, 0.29) is 5.91 Å². The van der Waals surface area contributed by atoms with Crippen LogP contribution in [0.25, 0.3) is 10.9 Å². The van der Waals surface area contributed by atoms with Crippen LogP contribution in [0.2, 0.25) is 0 Å². The second-order valence-electron chi connectivity index (χ2n) is 8.38. The summed E-state index contributed by atoms with van der Waals surface area (Å²) in [4.78, 5) is 15.8. The van der Waals surface area contributed by atoms with Gasteiger partial charge >= 0.3 is 0 Å². The maximum Gasteiger partial charge on any atom is 0.255 e. The molecule has 0 aliphatic carbocycles. The number of nitrogens with one attached hydrogen (secondary N) is 3. The smallest absolute Gasteiger partial charge is 0.255 e. The predicted molar refractivity (Wildman–Crippen MR) is 141 cm³/mol. The van der Waals surface area contributed by atoms with Crippen LogP contribution in [0, 0.1) is 0 Å². The molecule has 0 bridgehead atoms. The Hall–Kier alpha value is -4.35. The number of ether oxygens (including phenoxy) is 1. The summed E-state index contributed by atoms with van der Waals surface area (Å²) in [5.41, 5.74) is 4.87. The number of aromatic nitrogens is 1. The summed E-state index contributed by atoms with van der Waals surface area (Å²) >= 11 is 0. The van der Waals surface area contributed by atoms with Crippen molar-refractivity contribution in [2.45, 2.75) is 13.0 Å². The van der Waals surface area contributed by atoms with Crippen LogP contribution in [-0.2, 0) is 13.0 Å². The molecule has 3 N–H and O–H groups in total. The van der Waals surface area contributed by atoms with E-state index >= 15 is 0 Å². The van der Waals surface area contributed by atoms with E-state index in [1.165, 1.54) is 11.1 Å². The Labute approximate surface area is 204 Å². The Morgan fingerprint density at radius 3 is 2.40 bits per heavy atom. The third kappa shape index (κ3) is 5.78. The lowest BCUT2D eigenvalue weighted by molar-refractivity contribution is 0.102. The van der Waals surface area contributed by atoms with Gasteiger partial charge in [-0.2, -0.15) is 0 Å². The van der Waals surface area contributed by atoms with Crippen molar-refractivity contribution in [3.05, 3.63) is 126 Å². The van der Waals surface area contributed by atoms with Crippen LogP contribution in [0.3, 0.4) is 0 Å². The van der Waals surface area contributed by atoms with Crippen molar-refractivity contribution in [2.75, 3.05) is 11.9 Å². The van der Waals surface area contributed by atoms with E-state index in [9.17, 15) is 4.79 Å².